The Bertz CT molecular complexity index is 1390. The lowest BCUT2D eigenvalue weighted by Crippen LogP contribution is -2.40. The van der Waals surface area contributed by atoms with Gasteiger partial charge in [0, 0.05) is 49.8 Å². The van der Waals surface area contributed by atoms with Gasteiger partial charge in [-0.2, -0.15) is 4.98 Å². The Morgan fingerprint density at radius 1 is 1.14 bits per heavy atom. The minimum atomic E-state index is -0.144. The summed E-state index contributed by atoms with van der Waals surface area (Å²) < 4.78 is 12.8. The minimum Gasteiger partial charge on any atom is -0.378 e. The van der Waals surface area contributed by atoms with Gasteiger partial charge >= 0.3 is 0 Å². The number of ether oxygens (including phenoxy) is 1. The molecule has 0 spiro atoms. The highest BCUT2D eigenvalue weighted by molar-refractivity contribution is 5.90. The van der Waals surface area contributed by atoms with E-state index >= 15 is 0 Å². The van der Waals surface area contributed by atoms with E-state index in [2.05, 4.69) is 20.4 Å². The first-order valence-corrected chi connectivity index (χ1v) is 11.5. The SMILES string of the molecule is CC(=O)Nc1cccc(-c2nc(-c3ccc4c(c3)ncn4CCC(=O)N3CCOCC3)no2)c1C. The third kappa shape index (κ3) is 4.78. The number of nitrogens with zero attached hydrogens (tertiary/aromatic N) is 5. The van der Waals surface area contributed by atoms with Gasteiger partial charge in [0.1, 0.15) is 0 Å². The number of fused-ring (bicyclic) bond motifs is 1. The minimum absolute atomic E-state index is 0.129. The number of anilines is 1. The van der Waals surface area contributed by atoms with E-state index in [0.717, 1.165) is 27.7 Å². The second-order valence-corrected chi connectivity index (χ2v) is 8.47. The van der Waals surface area contributed by atoms with E-state index in [1.165, 1.54) is 6.92 Å². The maximum Gasteiger partial charge on any atom is 0.258 e. The van der Waals surface area contributed by atoms with Crippen LogP contribution in [0.5, 0.6) is 0 Å². The van der Waals surface area contributed by atoms with Gasteiger partial charge < -0.3 is 24.0 Å². The van der Waals surface area contributed by atoms with Crippen LogP contribution < -0.4 is 5.32 Å². The number of hydrogen-bond donors (Lipinski definition) is 1. The molecule has 35 heavy (non-hydrogen) atoms. The Labute approximate surface area is 201 Å². The molecule has 0 radical (unpaired) electrons. The van der Waals surface area contributed by atoms with Gasteiger partial charge in [-0.1, -0.05) is 11.2 Å². The highest BCUT2D eigenvalue weighted by Gasteiger charge is 2.18. The monoisotopic (exact) mass is 474 g/mol. The molecule has 2 aromatic heterocycles. The number of hydrogen-bond acceptors (Lipinski definition) is 7. The number of carbonyl (C=O) groups excluding carboxylic acids is 2. The third-order valence-corrected chi connectivity index (χ3v) is 6.11. The lowest BCUT2D eigenvalue weighted by Gasteiger charge is -2.26. The Kier molecular flexibility index (Phi) is 6.28. The largest absolute Gasteiger partial charge is 0.378 e. The highest BCUT2D eigenvalue weighted by Crippen LogP contribution is 2.30. The number of aromatic nitrogens is 4. The molecule has 0 aliphatic carbocycles. The first-order valence-electron chi connectivity index (χ1n) is 11.5. The highest BCUT2D eigenvalue weighted by atomic mass is 16.5. The molecule has 1 aliphatic heterocycles. The average Bonchev–Trinajstić information content (AvgIpc) is 3.51. The van der Waals surface area contributed by atoms with Gasteiger partial charge in [-0.05, 0) is 42.8 Å². The average molecular weight is 475 g/mol. The summed E-state index contributed by atoms with van der Waals surface area (Å²) >= 11 is 0. The van der Waals surface area contributed by atoms with Gasteiger partial charge in [-0.15, -0.1) is 0 Å². The van der Waals surface area contributed by atoms with Crippen molar-refractivity contribution in [1.82, 2.24) is 24.6 Å². The Morgan fingerprint density at radius 3 is 2.77 bits per heavy atom. The number of carbonyl (C=O) groups is 2. The Morgan fingerprint density at radius 2 is 1.97 bits per heavy atom. The number of rotatable bonds is 6. The van der Waals surface area contributed by atoms with Crippen LogP contribution in [0.3, 0.4) is 0 Å². The van der Waals surface area contributed by atoms with E-state index in [1.54, 1.807) is 6.33 Å². The van der Waals surface area contributed by atoms with Crippen molar-refractivity contribution in [2.24, 2.45) is 0 Å². The summed E-state index contributed by atoms with van der Waals surface area (Å²) in [4.78, 5) is 34.9. The van der Waals surface area contributed by atoms with Crippen LogP contribution in [0.2, 0.25) is 0 Å². The van der Waals surface area contributed by atoms with Crippen LogP contribution in [0.4, 0.5) is 5.69 Å². The number of amides is 2. The molecule has 3 heterocycles. The molecule has 2 amide bonds. The van der Waals surface area contributed by atoms with Crippen LogP contribution in [0.1, 0.15) is 18.9 Å². The van der Waals surface area contributed by atoms with E-state index in [0.29, 0.717) is 56.7 Å². The maximum absolute atomic E-state index is 12.5. The molecule has 1 saturated heterocycles. The molecule has 2 aromatic carbocycles. The van der Waals surface area contributed by atoms with Crippen molar-refractivity contribution in [2.45, 2.75) is 26.8 Å². The summed E-state index contributed by atoms with van der Waals surface area (Å²) in [6.07, 6.45) is 2.16. The number of morpholine rings is 1. The van der Waals surface area contributed by atoms with Crippen LogP contribution >= 0.6 is 0 Å². The van der Waals surface area contributed by atoms with Gasteiger partial charge in [-0.3, -0.25) is 9.59 Å². The van der Waals surface area contributed by atoms with Gasteiger partial charge in [0.2, 0.25) is 17.6 Å². The molecule has 1 aliphatic rings. The first-order chi connectivity index (χ1) is 17.0. The van der Waals surface area contributed by atoms with Gasteiger partial charge in [-0.25, -0.2) is 4.98 Å². The number of benzene rings is 2. The fourth-order valence-corrected chi connectivity index (χ4v) is 4.21. The topological polar surface area (TPSA) is 115 Å². The smallest absolute Gasteiger partial charge is 0.258 e. The van der Waals surface area contributed by atoms with Crippen molar-refractivity contribution < 1.29 is 18.8 Å². The third-order valence-electron chi connectivity index (χ3n) is 6.11. The molecule has 10 heteroatoms. The van der Waals surface area contributed by atoms with Gasteiger partial charge in [0.15, 0.2) is 0 Å². The van der Waals surface area contributed by atoms with Crippen LogP contribution in [-0.2, 0) is 20.9 Å². The predicted molar refractivity (Wildman–Crippen MR) is 130 cm³/mol. The van der Waals surface area contributed by atoms with Crippen molar-refractivity contribution in [1.29, 1.82) is 0 Å². The number of aryl methyl sites for hydroxylation is 1. The second-order valence-electron chi connectivity index (χ2n) is 8.47. The fourth-order valence-electron chi connectivity index (χ4n) is 4.21. The summed E-state index contributed by atoms with van der Waals surface area (Å²) in [5, 5.41) is 6.96. The number of imidazole rings is 1. The van der Waals surface area contributed by atoms with Crippen LogP contribution in [-0.4, -0.2) is 62.7 Å². The summed E-state index contributed by atoms with van der Waals surface area (Å²) in [5.74, 6) is 0.804. The van der Waals surface area contributed by atoms with Crippen molar-refractivity contribution in [3.05, 3.63) is 48.3 Å². The molecule has 1 fully saturated rings. The normalized spacial score (nSPS) is 13.8. The lowest BCUT2D eigenvalue weighted by atomic mass is 10.1. The van der Waals surface area contributed by atoms with Crippen LogP contribution in [0.25, 0.3) is 33.9 Å². The Hall–Kier alpha value is -4.05. The summed E-state index contributed by atoms with van der Waals surface area (Å²) in [6, 6.07) is 11.3. The zero-order valence-corrected chi connectivity index (χ0v) is 19.7. The van der Waals surface area contributed by atoms with E-state index in [4.69, 9.17) is 9.26 Å². The lowest BCUT2D eigenvalue weighted by molar-refractivity contribution is -0.135. The van der Waals surface area contributed by atoms with Crippen LogP contribution in [0, 0.1) is 6.92 Å². The van der Waals surface area contributed by atoms with Gasteiger partial charge in [0.05, 0.1) is 30.6 Å². The summed E-state index contributed by atoms with van der Waals surface area (Å²) in [5.41, 5.74) is 4.80. The molecule has 0 unspecified atom stereocenters. The summed E-state index contributed by atoms with van der Waals surface area (Å²) in [6.45, 7) is 6.42. The van der Waals surface area contributed by atoms with E-state index < -0.39 is 0 Å². The molecule has 10 nitrogen and oxygen atoms in total. The molecular weight excluding hydrogens is 448 g/mol. The first kappa shape index (κ1) is 22.7. The fraction of sp³-hybridized carbons (Fsp3) is 0.320. The zero-order chi connectivity index (χ0) is 24.4. The number of nitrogens with one attached hydrogen (secondary N) is 1. The molecule has 4 aromatic rings. The molecule has 180 valence electrons. The second kappa shape index (κ2) is 9.67. The van der Waals surface area contributed by atoms with Crippen molar-refractivity contribution in [2.75, 3.05) is 31.6 Å². The molecule has 0 atom stereocenters. The predicted octanol–water partition coefficient (Wildman–Crippen LogP) is 3.27. The standard InChI is InChI=1S/C25H26N6O4/c1-16-19(4-3-5-20(16)27-17(2)32)25-28-24(29-35-25)18-6-7-22-21(14-18)26-15-31(22)9-8-23(33)30-10-12-34-13-11-30/h3-7,14-15H,8-13H2,1-2H3,(H,27,32). The van der Waals surface area contributed by atoms with Crippen molar-refractivity contribution >= 4 is 28.5 Å². The van der Waals surface area contributed by atoms with E-state index in [1.807, 2.05) is 52.8 Å². The molecule has 5 rings (SSSR count). The summed E-state index contributed by atoms with van der Waals surface area (Å²) in [7, 11) is 0. The molecule has 0 bridgehead atoms. The van der Waals surface area contributed by atoms with Crippen LogP contribution in [0.15, 0.2) is 47.2 Å². The Balaban J connectivity index is 1.33. The van der Waals surface area contributed by atoms with Crippen molar-refractivity contribution in [3.63, 3.8) is 0 Å². The van der Waals surface area contributed by atoms with E-state index in [9.17, 15) is 9.59 Å². The quantitative estimate of drug-likeness (QED) is 0.456. The van der Waals surface area contributed by atoms with Gasteiger partial charge in [0.25, 0.3) is 5.89 Å². The molecule has 0 saturated carbocycles. The van der Waals surface area contributed by atoms with Crippen molar-refractivity contribution in [3.8, 4) is 22.8 Å². The molecular formula is C25H26N6O4. The molecule has 1 N–H and O–H groups in total. The maximum atomic E-state index is 12.5. The zero-order valence-electron chi connectivity index (χ0n) is 19.7. The van der Waals surface area contributed by atoms with E-state index in [-0.39, 0.29) is 11.8 Å².